The Labute approximate surface area is 127 Å². The largest absolute Gasteiger partial charge is 0.348 e. The molecule has 1 aliphatic rings. The van der Waals surface area contributed by atoms with Gasteiger partial charge in [-0.15, -0.1) is 0 Å². The van der Waals surface area contributed by atoms with Crippen LogP contribution in [0.1, 0.15) is 56.3 Å². The fourth-order valence-corrected chi connectivity index (χ4v) is 2.98. The quantitative estimate of drug-likeness (QED) is 0.925. The lowest BCUT2D eigenvalue weighted by Crippen LogP contribution is -2.39. The van der Waals surface area contributed by atoms with E-state index in [4.69, 9.17) is 0 Å². The van der Waals surface area contributed by atoms with Gasteiger partial charge >= 0.3 is 0 Å². The summed E-state index contributed by atoms with van der Waals surface area (Å²) in [4.78, 5) is 14.5. The van der Waals surface area contributed by atoms with Crippen molar-refractivity contribution in [3.63, 3.8) is 0 Å². The first-order chi connectivity index (χ1) is 10.1. The lowest BCUT2D eigenvalue weighted by Gasteiger charge is -2.24. The standard InChI is InChI=1S/C16H28N4O/c1-13(15-11-17-19(3)14(15)2)18-16(21)12-20-9-7-5-4-6-8-10-20/h11,13H,4-10,12H2,1-3H3,(H,18,21)/t13-/m1/s1. The van der Waals surface area contributed by atoms with Gasteiger partial charge in [-0.25, -0.2) is 0 Å². The molecular formula is C16H28N4O. The van der Waals surface area contributed by atoms with Crippen LogP contribution in [-0.2, 0) is 11.8 Å². The van der Waals surface area contributed by atoms with Crippen LogP contribution in [0.4, 0.5) is 0 Å². The third-order valence-corrected chi connectivity index (χ3v) is 4.43. The van der Waals surface area contributed by atoms with Crippen LogP contribution in [0.25, 0.3) is 0 Å². The minimum Gasteiger partial charge on any atom is -0.348 e. The van der Waals surface area contributed by atoms with Gasteiger partial charge in [0.2, 0.25) is 5.91 Å². The number of amides is 1. The molecule has 0 spiro atoms. The van der Waals surface area contributed by atoms with Gasteiger partial charge in [0.05, 0.1) is 18.8 Å². The Morgan fingerprint density at radius 2 is 1.90 bits per heavy atom. The molecule has 1 aliphatic heterocycles. The van der Waals surface area contributed by atoms with Crippen molar-refractivity contribution in [2.75, 3.05) is 19.6 Å². The molecule has 1 amide bonds. The molecule has 1 N–H and O–H groups in total. The minimum atomic E-state index is 0.0148. The second kappa shape index (κ2) is 7.59. The van der Waals surface area contributed by atoms with Gasteiger partial charge in [-0.2, -0.15) is 5.10 Å². The number of hydrogen-bond acceptors (Lipinski definition) is 3. The fourth-order valence-electron chi connectivity index (χ4n) is 2.98. The number of aromatic nitrogens is 2. The van der Waals surface area contributed by atoms with E-state index in [0.717, 1.165) is 24.3 Å². The molecule has 0 saturated carbocycles. The number of carbonyl (C=O) groups is 1. The summed E-state index contributed by atoms with van der Waals surface area (Å²) in [5.74, 6) is 0.117. The number of likely N-dealkylation sites (tertiary alicyclic amines) is 1. The Kier molecular flexibility index (Phi) is 5.79. The van der Waals surface area contributed by atoms with Crippen molar-refractivity contribution in [2.24, 2.45) is 7.05 Å². The normalized spacial score (nSPS) is 18.8. The highest BCUT2D eigenvalue weighted by atomic mass is 16.2. The molecule has 1 aromatic heterocycles. The average Bonchev–Trinajstić information content (AvgIpc) is 2.73. The summed E-state index contributed by atoms with van der Waals surface area (Å²) >= 11 is 0. The fraction of sp³-hybridized carbons (Fsp3) is 0.750. The molecule has 0 bridgehead atoms. The summed E-state index contributed by atoms with van der Waals surface area (Å²) in [5, 5.41) is 7.34. The highest BCUT2D eigenvalue weighted by molar-refractivity contribution is 5.78. The van der Waals surface area contributed by atoms with E-state index in [1.807, 2.05) is 31.8 Å². The van der Waals surface area contributed by atoms with E-state index in [2.05, 4.69) is 15.3 Å². The molecule has 0 radical (unpaired) electrons. The second-order valence-electron chi connectivity index (χ2n) is 6.14. The van der Waals surface area contributed by atoms with E-state index < -0.39 is 0 Å². The van der Waals surface area contributed by atoms with Crippen LogP contribution in [0.3, 0.4) is 0 Å². The third-order valence-electron chi connectivity index (χ3n) is 4.43. The highest BCUT2D eigenvalue weighted by Gasteiger charge is 2.17. The molecule has 5 nitrogen and oxygen atoms in total. The van der Waals surface area contributed by atoms with Crippen molar-refractivity contribution in [3.8, 4) is 0 Å². The zero-order chi connectivity index (χ0) is 15.2. The predicted octanol–water partition coefficient (Wildman–Crippen LogP) is 2.17. The van der Waals surface area contributed by atoms with Crippen molar-refractivity contribution in [3.05, 3.63) is 17.5 Å². The molecule has 1 saturated heterocycles. The second-order valence-corrected chi connectivity index (χ2v) is 6.14. The van der Waals surface area contributed by atoms with Crippen LogP contribution in [-0.4, -0.2) is 40.2 Å². The summed E-state index contributed by atoms with van der Waals surface area (Å²) in [7, 11) is 1.92. The van der Waals surface area contributed by atoms with Gasteiger partial charge in [0, 0.05) is 18.3 Å². The Bertz CT molecular complexity index is 461. The number of aryl methyl sites for hydroxylation is 1. The number of carbonyl (C=O) groups excluding carboxylic acids is 1. The first kappa shape index (κ1) is 16.0. The molecule has 21 heavy (non-hydrogen) atoms. The Morgan fingerprint density at radius 3 is 2.48 bits per heavy atom. The van der Waals surface area contributed by atoms with E-state index in [1.54, 1.807) is 0 Å². The zero-order valence-electron chi connectivity index (χ0n) is 13.6. The first-order valence-electron chi connectivity index (χ1n) is 8.08. The SMILES string of the molecule is Cc1c([C@@H](C)NC(=O)CN2CCCCCCC2)cnn1C. The average molecular weight is 292 g/mol. The van der Waals surface area contributed by atoms with Crippen molar-refractivity contribution in [1.82, 2.24) is 20.0 Å². The topological polar surface area (TPSA) is 50.2 Å². The highest BCUT2D eigenvalue weighted by Crippen LogP contribution is 2.16. The summed E-state index contributed by atoms with van der Waals surface area (Å²) in [6.45, 7) is 6.67. The molecule has 1 fully saturated rings. The van der Waals surface area contributed by atoms with Gasteiger partial charge < -0.3 is 5.32 Å². The molecule has 0 unspecified atom stereocenters. The maximum atomic E-state index is 12.2. The summed E-state index contributed by atoms with van der Waals surface area (Å²) in [6, 6.07) is 0.0148. The van der Waals surface area contributed by atoms with Gasteiger partial charge in [0.15, 0.2) is 0 Å². The Hall–Kier alpha value is -1.36. The Morgan fingerprint density at radius 1 is 1.29 bits per heavy atom. The van der Waals surface area contributed by atoms with E-state index >= 15 is 0 Å². The molecule has 0 aliphatic carbocycles. The minimum absolute atomic E-state index is 0.0148. The van der Waals surface area contributed by atoms with E-state index in [1.165, 1.54) is 32.1 Å². The molecule has 1 aromatic rings. The van der Waals surface area contributed by atoms with Crippen LogP contribution >= 0.6 is 0 Å². The third kappa shape index (κ3) is 4.56. The molecule has 118 valence electrons. The Balaban J connectivity index is 1.84. The van der Waals surface area contributed by atoms with Gasteiger partial charge in [0.1, 0.15) is 0 Å². The molecule has 2 rings (SSSR count). The maximum absolute atomic E-state index is 12.2. The molecule has 2 heterocycles. The van der Waals surface area contributed by atoms with Crippen LogP contribution in [0.15, 0.2) is 6.20 Å². The molecular weight excluding hydrogens is 264 g/mol. The number of hydrogen-bond donors (Lipinski definition) is 1. The van der Waals surface area contributed by atoms with Crippen LogP contribution in [0, 0.1) is 6.92 Å². The van der Waals surface area contributed by atoms with Crippen molar-refractivity contribution in [2.45, 2.75) is 52.0 Å². The number of rotatable bonds is 4. The van der Waals surface area contributed by atoms with Crippen molar-refractivity contribution < 1.29 is 4.79 Å². The lowest BCUT2D eigenvalue weighted by molar-refractivity contribution is -0.123. The summed E-state index contributed by atoms with van der Waals surface area (Å²) in [6.07, 6.45) is 8.20. The first-order valence-corrected chi connectivity index (χ1v) is 8.08. The predicted molar refractivity (Wildman–Crippen MR) is 84.0 cm³/mol. The van der Waals surface area contributed by atoms with Crippen LogP contribution < -0.4 is 5.32 Å². The smallest absolute Gasteiger partial charge is 0.234 e. The van der Waals surface area contributed by atoms with E-state index in [-0.39, 0.29) is 11.9 Å². The van der Waals surface area contributed by atoms with Gasteiger partial charge in [-0.3, -0.25) is 14.4 Å². The van der Waals surface area contributed by atoms with Crippen molar-refractivity contribution >= 4 is 5.91 Å². The number of nitrogens with one attached hydrogen (secondary N) is 1. The van der Waals surface area contributed by atoms with E-state index in [9.17, 15) is 4.79 Å². The van der Waals surface area contributed by atoms with Crippen LogP contribution in [0.2, 0.25) is 0 Å². The molecule has 5 heteroatoms. The van der Waals surface area contributed by atoms with Crippen LogP contribution in [0.5, 0.6) is 0 Å². The molecule has 0 aromatic carbocycles. The van der Waals surface area contributed by atoms with E-state index in [0.29, 0.717) is 6.54 Å². The monoisotopic (exact) mass is 292 g/mol. The summed E-state index contributed by atoms with van der Waals surface area (Å²) in [5.41, 5.74) is 2.20. The molecule has 1 atom stereocenters. The van der Waals surface area contributed by atoms with Gasteiger partial charge in [-0.05, 0) is 39.8 Å². The summed E-state index contributed by atoms with van der Waals surface area (Å²) < 4.78 is 1.84. The lowest BCUT2D eigenvalue weighted by atomic mass is 10.1. The zero-order valence-corrected chi connectivity index (χ0v) is 13.6. The maximum Gasteiger partial charge on any atom is 0.234 e. The van der Waals surface area contributed by atoms with Gasteiger partial charge in [-0.1, -0.05) is 19.3 Å². The number of nitrogens with zero attached hydrogens (tertiary/aromatic N) is 3. The van der Waals surface area contributed by atoms with Crippen molar-refractivity contribution in [1.29, 1.82) is 0 Å². The van der Waals surface area contributed by atoms with Gasteiger partial charge in [0.25, 0.3) is 0 Å².